The van der Waals surface area contributed by atoms with Crippen LogP contribution in [0.15, 0.2) is 30.3 Å². The van der Waals surface area contributed by atoms with Crippen molar-refractivity contribution in [1.29, 1.82) is 0 Å². The Labute approximate surface area is 128 Å². The minimum absolute atomic E-state index is 0.0395. The van der Waals surface area contributed by atoms with Crippen molar-refractivity contribution in [2.45, 2.75) is 26.2 Å². The molecule has 0 unspecified atom stereocenters. The van der Waals surface area contributed by atoms with Gasteiger partial charge in [-0.2, -0.15) is 0 Å². The van der Waals surface area contributed by atoms with Crippen molar-refractivity contribution >= 4 is 23.0 Å². The maximum Gasteiger partial charge on any atom is 0.188 e. The fourth-order valence-corrected chi connectivity index (χ4v) is 2.04. The summed E-state index contributed by atoms with van der Waals surface area (Å²) in [6.07, 6.45) is 0. The predicted octanol–water partition coefficient (Wildman–Crippen LogP) is 4.73. The van der Waals surface area contributed by atoms with Crippen molar-refractivity contribution in [2.75, 3.05) is 11.5 Å². The van der Waals surface area contributed by atoms with Crippen LogP contribution in [0.4, 0.5) is 15.8 Å². The van der Waals surface area contributed by atoms with Crippen molar-refractivity contribution in [3.63, 3.8) is 0 Å². The first kappa shape index (κ1) is 15.4. The van der Waals surface area contributed by atoms with E-state index in [0.717, 1.165) is 5.56 Å². The highest BCUT2D eigenvalue weighted by Gasteiger charge is 2.18. The van der Waals surface area contributed by atoms with Gasteiger partial charge >= 0.3 is 0 Å². The maximum atomic E-state index is 14.1. The number of halogens is 2. The Morgan fingerprint density at radius 3 is 2.38 bits per heavy atom. The largest absolute Gasteiger partial charge is 0.452 e. The second-order valence-corrected chi connectivity index (χ2v) is 6.27. The lowest BCUT2D eigenvalue weighted by atomic mass is 9.87. The third kappa shape index (κ3) is 3.22. The number of ether oxygens (including phenoxy) is 1. The van der Waals surface area contributed by atoms with Gasteiger partial charge < -0.3 is 16.2 Å². The van der Waals surface area contributed by atoms with E-state index in [1.54, 1.807) is 6.07 Å². The number of benzene rings is 2. The van der Waals surface area contributed by atoms with Gasteiger partial charge in [-0.3, -0.25) is 0 Å². The smallest absolute Gasteiger partial charge is 0.188 e. The number of rotatable bonds is 2. The van der Waals surface area contributed by atoms with Crippen LogP contribution in [-0.2, 0) is 5.41 Å². The van der Waals surface area contributed by atoms with Gasteiger partial charge in [-0.15, -0.1) is 0 Å². The minimum Gasteiger partial charge on any atom is -0.452 e. The van der Waals surface area contributed by atoms with Crippen LogP contribution in [0.3, 0.4) is 0 Å². The molecule has 0 aliphatic rings. The summed E-state index contributed by atoms with van der Waals surface area (Å²) in [6.45, 7) is 6.25. The van der Waals surface area contributed by atoms with Crippen molar-refractivity contribution in [3.8, 4) is 11.5 Å². The Bertz CT molecular complexity index is 681. The van der Waals surface area contributed by atoms with Crippen molar-refractivity contribution in [1.82, 2.24) is 0 Å². The van der Waals surface area contributed by atoms with E-state index in [-0.39, 0.29) is 27.6 Å². The average molecular weight is 309 g/mol. The van der Waals surface area contributed by atoms with Gasteiger partial charge in [-0.05, 0) is 29.2 Å². The first-order chi connectivity index (χ1) is 9.70. The molecule has 0 saturated carbocycles. The van der Waals surface area contributed by atoms with Crippen LogP contribution >= 0.6 is 11.6 Å². The molecule has 0 spiro atoms. The SMILES string of the molecule is CC(C)(C)c1cccc(Oc2c(N)cc(N)c(Cl)c2F)c1. The average Bonchev–Trinajstić information content (AvgIpc) is 2.41. The summed E-state index contributed by atoms with van der Waals surface area (Å²) in [4.78, 5) is 0. The lowest BCUT2D eigenvalue weighted by molar-refractivity contribution is 0.443. The number of hydrogen-bond acceptors (Lipinski definition) is 3. The van der Waals surface area contributed by atoms with Crippen LogP contribution in [0.2, 0.25) is 5.02 Å². The third-order valence-corrected chi connectivity index (χ3v) is 3.52. The van der Waals surface area contributed by atoms with Gasteiger partial charge in [0.25, 0.3) is 0 Å². The first-order valence-corrected chi connectivity index (χ1v) is 6.89. The molecule has 21 heavy (non-hydrogen) atoms. The van der Waals surface area contributed by atoms with E-state index in [2.05, 4.69) is 20.8 Å². The zero-order chi connectivity index (χ0) is 15.8. The van der Waals surface area contributed by atoms with Gasteiger partial charge in [0.2, 0.25) is 0 Å². The highest BCUT2D eigenvalue weighted by atomic mass is 35.5. The quantitative estimate of drug-likeness (QED) is 0.788. The molecule has 3 nitrogen and oxygen atoms in total. The Morgan fingerprint density at radius 2 is 1.76 bits per heavy atom. The summed E-state index contributed by atoms with van der Waals surface area (Å²) in [6, 6.07) is 8.81. The van der Waals surface area contributed by atoms with Crippen LogP contribution in [0.25, 0.3) is 0 Å². The zero-order valence-corrected chi connectivity index (χ0v) is 13.0. The van der Waals surface area contributed by atoms with Crippen LogP contribution in [-0.4, -0.2) is 0 Å². The lowest BCUT2D eigenvalue weighted by Gasteiger charge is -2.20. The molecular formula is C16H18ClFN2O. The van der Waals surface area contributed by atoms with Gasteiger partial charge in [0.15, 0.2) is 11.6 Å². The molecule has 0 saturated heterocycles. The van der Waals surface area contributed by atoms with Crippen molar-refractivity contribution in [3.05, 3.63) is 46.7 Å². The third-order valence-electron chi connectivity index (χ3n) is 3.14. The summed E-state index contributed by atoms with van der Waals surface area (Å²) in [7, 11) is 0. The van der Waals surface area contributed by atoms with Crippen molar-refractivity contribution in [2.24, 2.45) is 0 Å². The number of anilines is 2. The van der Waals surface area contributed by atoms with E-state index in [0.29, 0.717) is 5.75 Å². The second kappa shape index (κ2) is 5.45. The van der Waals surface area contributed by atoms with Crippen LogP contribution < -0.4 is 16.2 Å². The minimum atomic E-state index is -0.754. The molecule has 0 aromatic heterocycles. The number of hydrogen-bond donors (Lipinski definition) is 2. The zero-order valence-electron chi connectivity index (χ0n) is 12.2. The Hall–Kier alpha value is -1.94. The second-order valence-electron chi connectivity index (χ2n) is 5.89. The normalized spacial score (nSPS) is 11.5. The molecule has 2 aromatic carbocycles. The summed E-state index contributed by atoms with van der Waals surface area (Å²) < 4.78 is 19.7. The summed E-state index contributed by atoms with van der Waals surface area (Å²) in [5, 5.41) is -0.189. The van der Waals surface area contributed by atoms with E-state index < -0.39 is 5.82 Å². The molecule has 0 fully saturated rings. The molecule has 0 aliphatic heterocycles. The lowest BCUT2D eigenvalue weighted by Crippen LogP contribution is -2.10. The molecule has 112 valence electrons. The van der Waals surface area contributed by atoms with Crippen LogP contribution in [0, 0.1) is 5.82 Å². The standard InChI is InChI=1S/C16H18ClFN2O/c1-16(2,3)9-5-4-6-10(7-9)21-15-12(20)8-11(19)13(17)14(15)18/h4-8H,19-20H2,1-3H3. The van der Waals surface area contributed by atoms with E-state index in [1.165, 1.54) is 6.07 Å². The van der Waals surface area contributed by atoms with E-state index in [1.807, 2.05) is 18.2 Å². The fourth-order valence-electron chi connectivity index (χ4n) is 1.90. The molecule has 2 rings (SSSR count). The van der Waals surface area contributed by atoms with Crippen molar-refractivity contribution < 1.29 is 9.13 Å². The fraction of sp³-hybridized carbons (Fsp3) is 0.250. The highest BCUT2D eigenvalue weighted by molar-refractivity contribution is 6.33. The molecular weight excluding hydrogens is 291 g/mol. The Balaban J connectivity index is 2.42. The van der Waals surface area contributed by atoms with E-state index in [9.17, 15) is 4.39 Å². The summed E-state index contributed by atoms with van der Waals surface area (Å²) in [5.41, 5.74) is 12.5. The van der Waals surface area contributed by atoms with Gasteiger partial charge in [0.05, 0.1) is 11.4 Å². The topological polar surface area (TPSA) is 61.3 Å². The monoisotopic (exact) mass is 308 g/mol. The van der Waals surface area contributed by atoms with Crippen LogP contribution in [0.5, 0.6) is 11.5 Å². The van der Waals surface area contributed by atoms with Gasteiger partial charge in [0, 0.05) is 0 Å². The molecule has 0 radical (unpaired) electrons. The van der Waals surface area contributed by atoms with E-state index in [4.69, 9.17) is 27.8 Å². The van der Waals surface area contributed by atoms with Gasteiger partial charge in [-0.25, -0.2) is 4.39 Å². The first-order valence-electron chi connectivity index (χ1n) is 6.51. The molecule has 0 amide bonds. The molecule has 4 N–H and O–H groups in total. The molecule has 5 heteroatoms. The molecule has 0 bridgehead atoms. The van der Waals surface area contributed by atoms with E-state index >= 15 is 0 Å². The Morgan fingerprint density at radius 1 is 1.10 bits per heavy atom. The molecule has 0 atom stereocenters. The summed E-state index contributed by atoms with van der Waals surface area (Å²) >= 11 is 5.79. The molecule has 0 heterocycles. The number of nitrogens with two attached hydrogens (primary N) is 2. The Kier molecular flexibility index (Phi) is 4.01. The van der Waals surface area contributed by atoms with Gasteiger partial charge in [0.1, 0.15) is 10.8 Å². The predicted molar refractivity (Wildman–Crippen MR) is 85.5 cm³/mol. The van der Waals surface area contributed by atoms with Crippen LogP contribution in [0.1, 0.15) is 26.3 Å². The van der Waals surface area contributed by atoms with Gasteiger partial charge in [-0.1, -0.05) is 44.5 Å². The molecule has 2 aromatic rings. The maximum absolute atomic E-state index is 14.1. The highest BCUT2D eigenvalue weighted by Crippen LogP contribution is 2.38. The number of nitrogen functional groups attached to an aromatic ring is 2. The molecule has 0 aliphatic carbocycles. The summed E-state index contributed by atoms with van der Waals surface area (Å²) in [5.74, 6) is -0.371.